The SMILES string of the molecule is O=P1(NC[C@@H]2CCCN2)Oc2ccc3ccccc3c2-c2c(ccc3ccccc23)O1. The van der Waals surface area contributed by atoms with E-state index < -0.39 is 7.75 Å². The molecule has 0 amide bonds. The molecule has 6 heteroatoms. The van der Waals surface area contributed by atoms with Crippen molar-refractivity contribution in [3.8, 4) is 22.6 Å². The quantitative estimate of drug-likeness (QED) is 0.398. The predicted molar refractivity (Wildman–Crippen MR) is 125 cm³/mol. The zero-order valence-corrected chi connectivity index (χ0v) is 17.9. The van der Waals surface area contributed by atoms with E-state index in [1.807, 2.05) is 48.5 Å². The van der Waals surface area contributed by atoms with Gasteiger partial charge in [-0.15, -0.1) is 0 Å². The fourth-order valence-corrected chi connectivity index (χ4v) is 6.10. The van der Waals surface area contributed by atoms with Gasteiger partial charge in [0.25, 0.3) is 0 Å². The minimum Gasteiger partial charge on any atom is -0.404 e. The van der Waals surface area contributed by atoms with Crippen LogP contribution in [0.5, 0.6) is 11.5 Å². The first-order valence-corrected chi connectivity index (χ1v) is 12.3. The average molecular weight is 430 g/mol. The number of rotatable bonds is 3. The van der Waals surface area contributed by atoms with E-state index in [0.717, 1.165) is 52.1 Å². The van der Waals surface area contributed by atoms with Crippen LogP contribution in [-0.4, -0.2) is 19.1 Å². The van der Waals surface area contributed by atoms with Crippen LogP contribution >= 0.6 is 7.75 Å². The van der Waals surface area contributed by atoms with Crippen molar-refractivity contribution < 1.29 is 13.6 Å². The summed E-state index contributed by atoms with van der Waals surface area (Å²) in [7, 11) is -3.62. The molecule has 6 rings (SSSR count). The highest BCUT2D eigenvalue weighted by Gasteiger charge is 2.36. The van der Waals surface area contributed by atoms with Crippen LogP contribution in [0.4, 0.5) is 0 Å². The van der Waals surface area contributed by atoms with Crippen molar-refractivity contribution in [2.24, 2.45) is 0 Å². The maximum atomic E-state index is 13.8. The monoisotopic (exact) mass is 430 g/mol. The lowest BCUT2D eigenvalue weighted by Gasteiger charge is -2.20. The largest absolute Gasteiger partial charge is 0.512 e. The number of hydrogen-bond acceptors (Lipinski definition) is 4. The van der Waals surface area contributed by atoms with Crippen molar-refractivity contribution in [3.05, 3.63) is 72.8 Å². The van der Waals surface area contributed by atoms with Gasteiger partial charge in [0.05, 0.1) is 0 Å². The standard InChI is InChI=1S/C25H23N2O3P/c28-31(27-16-19-8-5-15-26-19)29-22-13-11-17-6-1-3-9-20(17)24(22)25-21-10-4-2-7-18(21)12-14-23(25)30-31/h1-4,6-7,9-14,19,26H,5,8,15-16H2,(H,27,28)/t19-/m0/s1. The van der Waals surface area contributed by atoms with E-state index in [4.69, 9.17) is 9.05 Å². The summed E-state index contributed by atoms with van der Waals surface area (Å²) in [6.45, 7) is 1.52. The molecule has 0 aliphatic carbocycles. The van der Waals surface area contributed by atoms with Crippen LogP contribution in [0, 0.1) is 0 Å². The lowest BCUT2D eigenvalue weighted by Crippen LogP contribution is -2.34. The van der Waals surface area contributed by atoms with Gasteiger partial charge >= 0.3 is 7.75 Å². The van der Waals surface area contributed by atoms with Gasteiger partial charge in [0, 0.05) is 23.7 Å². The number of fused-ring (bicyclic) bond motifs is 7. The Balaban J connectivity index is 1.57. The number of benzene rings is 4. The molecule has 0 saturated carbocycles. The summed E-state index contributed by atoms with van der Waals surface area (Å²) in [6, 6.07) is 24.5. The minimum absolute atomic E-state index is 0.272. The van der Waals surface area contributed by atoms with Crippen molar-refractivity contribution in [1.29, 1.82) is 0 Å². The zero-order valence-electron chi connectivity index (χ0n) is 17.0. The third kappa shape index (κ3) is 3.30. The summed E-state index contributed by atoms with van der Waals surface area (Å²) in [5.74, 6) is 1.15. The predicted octanol–water partition coefficient (Wildman–Crippen LogP) is 5.88. The average Bonchev–Trinajstić information content (AvgIpc) is 3.27. The molecule has 156 valence electrons. The molecule has 0 radical (unpaired) electrons. The first-order valence-electron chi connectivity index (χ1n) is 10.7. The van der Waals surface area contributed by atoms with Crippen LogP contribution in [0.1, 0.15) is 12.8 Å². The molecule has 1 atom stereocenters. The summed E-state index contributed by atoms with van der Waals surface area (Å²) in [5, 5.41) is 10.8. The Kier molecular flexibility index (Phi) is 4.50. The summed E-state index contributed by atoms with van der Waals surface area (Å²) in [4.78, 5) is 0. The van der Waals surface area contributed by atoms with Crippen LogP contribution in [0.2, 0.25) is 0 Å². The molecule has 2 aliphatic rings. The fourth-order valence-electron chi connectivity index (χ4n) is 4.67. The number of nitrogens with one attached hydrogen (secondary N) is 2. The Morgan fingerprint density at radius 1 is 0.839 bits per heavy atom. The van der Waals surface area contributed by atoms with E-state index in [1.165, 1.54) is 0 Å². The molecular weight excluding hydrogens is 407 g/mol. The second kappa shape index (κ2) is 7.38. The third-order valence-electron chi connectivity index (χ3n) is 6.16. The molecule has 1 fully saturated rings. The summed E-state index contributed by atoms with van der Waals surface area (Å²) >= 11 is 0. The van der Waals surface area contributed by atoms with Gasteiger partial charge in [0.15, 0.2) is 0 Å². The summed E-state index contributed by atoms with van der Waals surface area (Å²) in [5.41, 5.74) is 1.84. The van der Waals surface area contributed by atoms with Gasteiger partial charge in [0.2, 0.25) is 0 Å². The van der Waals surface area contributed by atoms with Gasteiger partial charge in [-0.2, -0.15) is 5.09 Å². The Morgan fingerprint density at radius 2 is 1.42 bits per heavy atom. The molecular formula is C25H23N2O3P. The van der Waals surface area contributed by atoms with E-state index in [-0.39, 0.29) is 6.04 Å². The van der Waals surface area contributed by atoms with Gasteiger partial charge in [-0.25, -0.2) is 4.57 Å². The molecule has 2 heterocycles. The molecule has 0 bridgehead atoms. The van der Waals surface area contributed by atoms with E-state index in [0.29, 0.717) is 18.0 Å². The van der Waals surface area contributed by atoms with Crippen LogP contribution in [-0.2, 0) is 4.57 Å². The molecule has 0 unspecified atom stereocenters. The van der Waals surface area contributed by atoms with Crippen molar-refractivity contribution >= 4 is 29.3 Å². The Labute approximate surface area is 181 Å². The molecule has 2 aliphatic heterocycles. The lowest BCUT2D eigenvalue weighted by molar-refractivity contribution is 0.371. The molecule has 4 aromatic rings. The van der Waals surface area contributed by atoms with Gasteiger partial charge in [-0.1, -0.05) is 60.7 Å². The van der Waals surface area contributed by atoms with E-state index in [9.17, 15) is 4.57 Å². The fraction of sp³-hybridized carbons (Fsp3) is 0.200. The van der Waals surface area contributed by atoms with E-state index in [1.54, 1.807) is 0 Å². The van der Waals surface area contributed by atoms with E-state index >= 15 is 0 Å². The smallest absolute Gasteiger partial charge is 0.404 e. The molecule has 4 aromatic carbocycles. The van der Waals surface area contributed by atoms with Gasteiger partial charge in [-0.3, -0.25) is 0 Å². The Morgan fingerprint density at radius 3 is 1.97 bits per heavy atom. The van der Waals surface area contributed by atoms with Crippen LogP contribution in [0.15, 0.2) is 72.8 Å². The van der Waals surface area contributed by atoms with Crippen molar-refractivity contribution in [1.82, 2.24) is 10.4 Å². The molecule has 1 saturated heterocycles. The molecule has 0 aromatic heterocycles. The number of hydrogen-bond donors (Lipinski definition) is 2. The zero-order chi connectivity index (χ0) is 20.8. The molecule has 2 N–H and O–H groups in total. The highest BCUT2D eigenvalue weighted by atomic mass is 31.2. The van der Waals surface area contributed by atoms with Crippen LogP contribution < -0.4 is 19.5 Å². The van der Waals surface area contributed by atoms with Crippen molar-refractivity contribution in [2.75, 3.05) is 13.1 Å². The first-order chi connectivity index (χ1) is 15.2. The summed E-state index contributed by atoms with van der Waals surface area (Å²) < 4.78 is 26.1. The lowest BCUT2D eigenvalue weighted by atomic mass is 9.92. The maximum absolute atomic E-state index is 13.8. The second-order valence-electron chi connectivity index (χ2n) is 8.16. The van der Waals surface area contributed by atoms with Crippen molar-refractivity contribution in [2.45, 2.75) is 18.9 Å². The topological polar surface area (TPSA) is 59.6 Å². The summed E-state index contributed by atoms with van der Waals surface area (Å²) in [6.07, 6.45) is 2.18. The maximum Gasteiger partial charge on any atom is 0.512 e. The molecule has 31 heavy (non-hydrogen) atoms. The Hall–Kier alpha value is -2.85. The Bertz CT molecular complexity index is 1260. The van der Waals surface area contributed by atoms with Gasteiger partial charge < -0.3 is 14.4 Å². The first kappa shape index (κ1) is 18.9. The van der Waals surface area contributed by atoms with E-state index in [2.05, 4.69) is 34.7 Å². The molecule has 0 spiro atoms. The van der Waals surface area contributed by atoms with Crippen LogP contribution in [0.3, 0.4) is 0 Å². The molecule has 5 nitrogen and oxygen atoms in total. The van der Waals surface area contributed by atoms with Gasteiger partial charge in [0.1, 0.15) is 11.5 Å². The normalized spacial score (nSPS) is 19.3. The second-order valence-corrected chi connectivity index (χ2v) is 9.83. The van der Waals surface area contributed by atoms with Gasteiger partial charge in [-0.05, 0) is 53.1 Å². The highest BCUT2D eigenvalue weighted by Crippen LogP contribution is 2.56. The highest BCUT2D eigenvalue weighted by molar-refractivity contribution is 7.52. The van der Waals surface area contributed by atoms with Crippen molar-refractivity contribution in [3.63, 3.8) is 0 Å². The third-order valence-corrected chi connectivity index (χ3v) is 7.61. The minimum atomic E-state index is -3.62. The van der Waals surface area contributed by atoms with Crippen LogP contribution in [0.25, 0.3) is 32.7 Å².